The molecule has 0 aliphatic carbocycles. The maximum Gasteiger partial charge on any atom is 0.0306 e. The molecule has 0 saturated carbocycles. The maximum atomic E-state index is 4.33. The van der Waals surface area contributed by atoms with E-state index in [4.69, 9.17) is 0 Å². The Hall–Kier alpha value is -0.300. The average molecular weight is 225 g/mol. The van der Waals surface area contributed by atoms with E-state index in [0.29, 0.717) is 6.04 Å². The van der Waals surface area contributed by atoms with Crippen molar-refractivity contribution in [1.29, 1.82) is 0 Å². The molecule has 0 aliphatic rings. The van der Waals surface area contributed by atoms with Gasteiger partial charge in [-0.25, -0.2) is 0 Å². The van der Waals surface area contributed by atoms with Crippen LogP contribution in [0.2, 0.25) is 0 Å². The van der Waals surface area contributed by atoms with Gasteiger partial charge in [0.25, 0.3) is 0 Å². The van der Waals surface area contributed by atoms with E-state index in [1.165, 1.54) is 31.3 Å². The third-order valence-corrected chi connectivity index (χ3v) is 3.48. The van der Waals surface area contributed by atoms with Gasteiger partial charge in [0.05, 0.1) is 0 Å². The fraction of sp³-hybridized carbons (Fsp3) is 0.867. The van der Waals surface area contributed by atoms with Crippen LogP contribution in [-0.4, -0.2) is 24.5 Å². The number of hydrogen-bond donors (Lipinski definition) is 0. The molecule has 1 atom stereocenters. The Kier molecular flexibility index (Phi) is 6.98. The zero-order valence-electron chi connectivity index (χ0n) is 12.3. The van der Waals surface area contributed by atoms with Crippen LogP contribution in [0.5, 0.6) is 0 Å². The van der Waals surface area contributed by atoms with Crippen LogP contribution in [0.3, 0.4) is 0 Å². The molecule has 0 aromatic heterocycles. The van der Waals surface area contributed by atoms with Crippen LogP contribution in [0, 0.1) is 5.41 Å². The summed E-state index contributed by atoms with van der Waals surface area (Å²) in [4.78, 5) is 2.43. The lowest BCUT2D eigenvalue weighted by Gasteiger charge is -2.35. The predicted octanol–water partition coefficient (Wildman–Crippen LogP) is 4.49. The van der Waals surface area contributed by atoms with E-state index < -0.39 is 0 Å². The summed E-state index contributed by atoms with van der Waals surface area (Å²) in [5.41, 5.74) is 1.60. The summed E-state index contributed by atoms with van der Waals surface area (Å²) in [5, 5.41) is 0. The van der Waals surface area contributed by atoms with E-state index in [2.05, 4.69) is 53.1 Å². The Morgan fingerprint density at radius 3 is 2.12 bits per heavy atom. The first-order chi connectivity index (χ1) is 7.34. The lowest BCUT2D eigenvalue weighted by atomic mass is 9.81. The Bertz CT molecular complexity index is 200. The topological polar surface area (TPSA) is 3.24 Å². The van der Waals surface area contributed by atoms with Gasteiger partial charge in [-0.05, 0) is 25.4 Å². The summed E-state index contributed by atoms with van der Waals surface area (Å²) in [7, 11) is 2.22. The number of hydrogen-bond acceptors (Lipinski definition) is 1. The Morgan fingerprint density at radius 2 is 1.75 bits per heavy atom. The molecule has 0 spiro atoms. The first-order valence-corrected chi connectivity index (χ1v) is 6.74. The van der Waals surface area contributed by atoms with E-state index in [9.17, 15) is 0 Å². The largest absolute Gasteiger partial charge is 0.300 e. The van der Waals surface area contributed by atoms with Gasteiger partial charge in [-0.2, -0.15) is 0 Å². The summed E-state index contributed by atoms with van der Waals surface area (Å²) in [6, 6.07) is 0.552. The monoisotopic (exact) mass is 225 g/mol. The second-order valence-corrected chi connectivity index (χ2v) is 5.86. The third-order valence-electron chi connectivity index (χ3n) is 3.48. The van der Waals surface area contributed by atoms with Crippen molar-refractivity contribution in [1.82, 2.24) is 4.90 Å². The quantitative estimate of drug-likeness (QED) is 0.456. The highest BCUT2D eigenvalue weighted by Crippen LogP contribution is 2.30. The summed E-state index contributed by atoms with van der Waals surface area (Å²) < 4.78 is 0. The van der Waals surface area contributed by atoms with Gasteiger partial charge in [0.15, 0.2) is 0 Å². The molecule has 0 saturated heterocycles. The molecule has 0 rings (SSSR count). The van der Waals surface area contributed by atoms with Crippen molar-refractivity contribution in [3.8, 4) is 0 Å². The maximum absolute atomic E-state index is 4.33. The minimum absolute atomic E-state index is 0.223. The summed E-state index contributed by atoms with van der Waals surface area (Å²) in [5.74, 6) is 0. The van der Waals surface area contributed by atoms with Crippen molar-refractivity contribution < 1.29 is 0 Å². The number of rotatable bonds is 7. The average Bonchev–Trinajstić information content (AvgIpc) is 2.21. The summed E-state index contributed by atoms with van der Waals surface area (Å²) in [6.07, 6.45) is 5.21. The molecule has 0 aliphatic heterocycles. The van der Waals surface area contributed by atoms with Crippen molar-refractivity contribution in [2.75, 3.05) is 13.6 Å². The summed E-state index contributed by atoms with van der Waals surface area (Å²) >= 11 is 0. The van der Waals surface area contributed by atoms with Crippen molar-refractivity contribution >= 4 is 0 Å². The molecule has 0 N–H and O–H groups in total. The van der Waals surface area contributed by atoms with Gasteiger partial charge in [0.2, 0.25) is 0 Å². The van der Waals surface area contributed by atoms with Crippen LogP contribution < -0.4 is 0 Å². The first-order valence-electron chi connectivity index (χ1n) is 6.74. The van der Waals surface area contributed by atoms with Gasteiger partial charge in [-0.3, -0.25) is 4.90 Å². The van der Waals surface area contributed by atoms with Crippen molar-refractivity contribution in [2.24, 2.45) is 5.41 Å². The zero-order valence-corrected chi connectivity index (χ0v) is 12.3. The molecule has 0 aromatic rings. The van der Waals surface area contributed by atoms with E-state index in [-0.39, 0.29) is 5.41 Å². The number of unbranched alkanes of at least 4 members (excludes halogenated alkanes) is 2. The van der Waals surface area contributed by atoms with Crippen molar-refractivity contribution in [3.63, 3.8) is 0 Å². The molecule has 0 heterocycles. The number of likely N-dealkylation sites (N-methyl/N-ethyl adjacent to an activating group) is 1. The first kappa shape index (κ1) is 15.7. The van der Waals surface area contributed by atoms with E-state index >= 15 is 0 Å². The summed E-state index contributed by atoms with van der Waals surface area (Å²) in [6.45, 7) is 16.7. The van der Waals surface area contributed by atoms with Crippen molar-refractivity contribution in [3.05, 3.63) is 12.2 Å². The fourth-order valence-electron chi connectivity index (χ4n) is 1.97. The normalized spacial score (nSPS) is 14.2. The Morgan fingerprint density at radius 1 is 1.19 bits per heavy atom. The van der Waals surface area contributed by atoms with Gasteiger partial charge in [0.1, 0.15) is 0 Å². The minimum Gasteiger partial charge on any atom is -0.300 e. The van der Waals surface area contributed by atoms with Gasteiger partial charge in [-0.1, -0.05) is 66.0 Å². The molecule has 0 radical (unpaired) electrons. The molecular weight excluding hydrogens is 194 g/mol. The second-order valence-electron chi connectivity index (χ2n) is 5.86. The van der Waals surface area contributed by atoms with Crippen LogP contribution >= 0.6 is 0 Å². The number of nitrogens with zero attached hydrogens (tertiary/aromatic N) is 1. The highest BCUT2D eigenvalue weighted by molar-refractivity contribution is 5.13. The lowest BCUT2D eigenvalue weighted by Crippen LogP contribution is -2.36. The highest BCUT2D eigenvalue weighted by atomic mass is 15.1. The highest BCUT2D eigenvalue weighted by Gasteiger charge is 2.25. The molecule has 96 valence electrons. The van der Waals surface area contributed by atoms with Crippen LogP contribution in [0.15, 0.2) is 12.2 Å². The second kappa shape index (κ2) is 7.11. The van der Waals surface area contributed by atoms with Gasteiger partial charge < -0.3 is 0 Å². The molecule has 1 heteroatoms. The standard InChI is InChI=1S/C15H31N/c1-8-10-11-12-14(16(7)9-2)13(3)15(4,5)6/h14H,3,8-12H2,1-2,4-7H3. The zero-order chi connectivity index (χ0) is 12.8. The van der Waals surface area contributed by atoms with Gasteiger partial charge in [-0.15, -0.1) is 0 Å². The van der Waals surface area contributed by atoms with Gasteiger partial charge >= 0.3 is 0 Å². The molecule has 0 aromatic carbocycles. The van der Waals surface area contributed by atoms with E-state index in [0.717, 1.165) is 6.54 Å². The predicted molar refractivity (Wildman–Crippen MR) is 74.8 cm³/mol. The van der Waals surface area contributed by atoms with E-state index in [1.807, 2.05) is 0 Å². The van der Waals surface area contributed by atoms with E-state index in [1.54, 1.807) is 0 Å². The lowest BCUT2D eigenvalue weighted by molar-refractivity contribution is 0.239. The minimum atomic E-state index is 0.223. The van der Waals surface area contributed by atoms with Crippen LogP contribution in [0.1, 0.15) is 60.3 Å². The molecular formula is C15H31N. The molecule has 0 fully saturated rings. The molecule has 1 unspecified atom stereocenters. The molecule has 16 heavy (non-hydrogen) atoms. The Labute approximate surface area is 103 Å². The van der Waals surface area contributed by atoms with Crippen LogP contribution in [-0.2, 0) is 0 Å². The van der Waals surface area contributed by atoms with Crippen LogP contribution in [0.4, 0.5) is 0 Å². The third kappa shape index (κ3) is 5.16. The smallest absolute Gasteiger partial charge is 0.0306 e. The Balaban J connectivity index is 4.48. The molecule has 0 amide bonds. The molecule has 0 bridgehead atoms. The fourth-order valence-corrected chi connectivity index (χ4v) is 1.97. The SMILES string of the molecule is C=C(C(CCCCC)N(C)CC)C(C)(C)C. The molecule has 1 nitrogen and oxygen atoms in total. The van der Waals surface area contributed by atoms with Crippen LogP contribution in [0.25, 0.3) is 0 Å². The van der Waals surface area contributed by atoms with Gasteiger partial charge in [0, 0.05) is 6.04 Å². The van der Waals surface area contributed by atoms with Crippen molar-refractivity contribution in [2.45, 2.75) is 66.3 Å².